The minimum Gasteiger partial charge on any atom is -0.394 e. The molecule has 0 amide bonds. The standard InChI is InChI=1S/C35H58O9/c1-7-20(32(3,4)41)9-8-19(2)23-10-11-24-22-16-27(37)35(42)17-21(12-15-34(35,6)25(22)13-14-33(23,24)5)43-31-30(40)29(39)28(38)26(18-36)44-31/h8-9,16,19-21,23-31,36-42H,7,10-15,17-18H2,1-6H3. The van der Waals surface area contributed by atoms with E-state index in [0.29, 0.717) is 30.6 Å². The second-order valence-electron chi connectivity index (χ2n) is 15.9. The molecule has 0 aromatic carbocycles. The Morgan fingerprint density at radius 3 is 2.34 bits per heavy atom. The predicted octanol–water partition coefficient (Wildman–Crippen LogP) is 2.83. The van der Waals surface area contributed by atoms with E-state index in [1.54, 1.807) is 0 Å². The highest BCUT2D eigenvalue weighted by atomic mass is 16.7. The third-order valence-corrected chi connectivity index (χ3v) is 13.1. The van der Waals surface area contributed by atoms with Gasteiger partial charge in [0, 0.05) is 17.8 Å². The summed E-state index contributed by atoms with van der Waals surface area (Å²) in [4.78, 5) is 0. The van der Waals surface area contributed by atoms with Gasteiger partial charge in [-0.2, -0.15) is 0 Å². The molecule has 0 radical (unpaired) electrons. The van der Waals surface area contributed by atoms with Gasteiger partial charge in [-0.1, -0.05) is 51.5 Å². The summed E-state index contributed by atoms with van der Waals surface area (Å²) in [6, 6.07) is 0. The number of hydrogen-bond acceptors (Lipinski definition) is 9. The Morgan fingerprint density at radius 1 is 1.00 bits per heavy atom. The molecule has 3 saturated carbocycles. The van der Waals surface area contributed by atoms with Crippen LogP contribution in [0.5, 0.6) is 0 Å². The van der Waals surface area contributed by atoms with Crippen molar-refractivity contribution in [1.82, 2.24) is 0 Å². The molecule has 15 unspecified atom stereocenters. The van der Waals surface area contributed by atoms with Crippen LogP contribution in [0.4, 0.5) is 0 Å². The molecule has 15 atom stereocenters. The number of ether oxygens (including phenoxy) is 2. The predicted molar refractivity (Wildman–Crippen MR) is 165 cm³/mol. The first-order valence-corrected chi connectivity index (χ1v) is 17.0. The van der Waals surface area contributed by atoms with E-state index < -0.39 is 66.1 Å². The van der Waals surface area contributed by atoms with Crippen molar-refractivity contribution in [3.05, 3.63) is 23.8 Å². The molecule has 0 aromatic rings. The summed E-state index contributed by atoms with van der Waals surface area (Å²) < 4.78 is 11.6. The second kappa shape index (κ2) is 12.3. The zero-order chi connectivity index (χ0) is 32.4. The van der Waals surface area contributed by atoms with Crippen LogP contribution < -0.4 is 0 Å². The van der Waals surface area contributed by atoms with Gasteiger partial charge in [0.25, 0.3) is 0 Å². The fourth-order valence-electron chi connectivity index (χ4n) is 10.2. The zero-order valence-corrected chi connectivity index (χ0v) is 27.5. The molecule has 4 aliphatic carbocycles. The lowest BCUT2D eigenvalue weighted by Crippen LogP contribution is -2.66. The van der Waals surface area contributed by atoms with E-state index in [2.05, 4.69) is 39.8 Å². The van der Waals surface area contributed by atoms with E-state index in [1.165, 1.54) is 5.57 Å². The third kappa shape index (κ3) is 5.56. The van der Waals surface area contributed by atoms with E-state index in [4.69, 9.17) is 9.47 Å². The molecule has 0 aromatic heterocycles. The van der Waals surface area contributed by atoms with Crippen LogP contribution in [0.15, 0.2) is 23.8 Å². The van der Waals surface area contributed by atoms with E-state index in [-0.39, 0.29) is 23.7 Å². The Bertz CT molecular complexity index is 1080. The van der Waals surface area contributed by atoms with Crippen molar-refractivity contribution in [1.29, 1.82) is 0 Å². The summed E-state index contributed by atoms with van der Waals surface area (Å²) in [7, 11) is 0. The first kappa shape index (κ1) is 34.5. The number of rotatable bonds is 8. The van der Waals surface area contributed by atoms with Crippen LogP contribution in [0.25, 0.3) is 0 Å². The van der Waals surface area contributed by atoms with Gasteiger partial charge in [-0.05, 0) is 87.9 Å². The number of aliphatic hydroxyl groups is 7. The van der Waals surface area contributed by atoms with Crippen molar-refractivity contribution in [2.45, 2.75) is 147 Å². The molecular weight excluding hydrogens is 564 g/mol. The Labute approximate surface area is 263 Å². The quantitative estimate of drug-likeness (QED) is 0.202. The minimum absolute atomic E-state index is 0.0947. The lowest BCUT2D eigenvalue weighted by atomic mass is 9.45. The van der Waals surface area contributed by atoms with Gasteiger partial charge in [-0.15, -0.1) is 0 Å². The Kier molecular flexibility index (Phi) is 9.62. The average Bonchev–Trinajstić information content (AvgIpc) is 3.32. The second-order valence-corrected chi connectivity index (χ2v) is 15.9. The Balaban J connectivity index is 1.33. The van der Waals surface area contributed by atoms with Crippen molar-refractivity contribution in [3.63, 3.8) is 0 Å². The molecule has 1 heterocycles. The molecule has 4 fully saturated rings. The smallest absolute Gasteiger partial charge is 0.186 e. The first-order valence-electron chi connectivity index (χ1n) is 17.0. The number of fused-ring (bicyclic) bond motifs is 5. The lowest BCUT2D eigenvalue weighted by Gasteiger charge is -2.62. The third-order valence-electron chi connectivity index (χ3n) is 13.1. The SMILES string of the molecule is CCC(C=CC(C)C1CCC2C3=CC(O)C4(O)CC(OC5OC(CO)C(O)C(O)C5O)CCC4(C)C3CCC21C)C(C)(C)O. The topological polar surface area (TPSA) is 160 Å². The van der Waals surface area contributed by atoms with Crippen LogP contribution in [0.2, 0.25) is 0 Å². The molecule has 1 saturated heterocycles. The molecule has 9 heteroatoms. The summed E-state index contributed by atoms with van der Waals surface area (Å²) >= 11 is 0. The van der Waals surface area contributed by atoms with E-state index in [0.717, 1.165) is 32.1 Å². The van der Waals surface area contributed by atoms with Gasteiger partial charge >= 0.3 is 0 Å². The highest BCUT2D eigenvalue weighted by molar-refractivity contribution is 5.33. The van der Waals surface area contributed by atoms with E-state index in [9.17, 15) is 35.7 Å². The molecular formula is C35H58O9. The van der Waals surface area contributed by atoms with E-state index in [1.807, 2.05) is 19.9 Å². The van der Waals surface area contributed by atoms with Crippen LogP contribution in [-0.2, 0) is 9.47 Å². The minimum atomic E-state index is -1.53. The van der Waals surface area contributed by atoms with Crippen molar-refractivity contribution in [2.24, 2.45) is 40.4 Å². The molecule has 9 nitrogen and oxygen atoms in total. The monoisotopic (exact) mass is 622 g/mol. The van der Waals surface area contributed by atoms with Crippen LogP contribution in [0.1, 0.15) is 92.9 Å². The van der Waals surface area contributed by atoms with E-state index >= 15 is 0 Å². The number of allylic oxidation sites excluding steroid dienone is 2. The maximum Gasteiger partial charge on any atom is 0.186 e. The molecule has 252 valence electrons. The summed E-state index contributed by atoms with van der Waals surface area (Å²) in [6.07, 6.45) is 4.40. The summed E-state index contributed by atoms with van der Waals surface area (Å²) in [6.45, 7) is 12.2. The molecule has 5 rings (SSSR count). The molecule has 1 aliphatic heterocycles. The molecule has 0 spiro atoms. The van der Waals surface area contributed by atoms with Crippen molar-refractivity contribution < 1.29 is 45.2 Å². The first-order chi connectivity index (χ1) is 20.5. The molecule has 44 heavy (non-hydrogen) atoms. The van der Waals surface area contributed by atoms with Crippen molar-refractivity contribution in [2.75, 3.05) is 6.61 Å². The fraction of sp³-hybridized carbons (Fsp3) is 0.886. The Hall–Kier alpha value is -0.880. The Morgan fingerprint density at radius 2 is 1.70 bits per heavy atom. The van der Waals surface area contributed by atoms with Gasteiger partial charge in [0.1, 0.15) is 36.1 Å². The molecule has 5 aliphatic rings. The normalized spacial score (nSPS) is 49.2. The van der Waals surface area contributed by atoms with Gasteiger partial charge in [0.2, 0.25) is 0 Å². The van der Waals surface area contributed by atoms with Crippen LogP contribution in [-0.4, -0.2) is 96.5 Å². The fourth-order valence-corrected chi connectivity index (χ4v) is 10.2. The largest absolute Gasteiger partial charge is 0.394 e. The van der Waals surface area contributed by atoms with Crippen molar-refractivity contribution >= 4 is 0 Å². The summed E-state index contributed by atoms with van der Waals surface area (Å²) in [5, 5.41) is 74.8. The zero-order valence-electron chi connectivity index (χ0n) is 27.5. The van der Waals surface area contributed by atoms with Crippen molar-refractivity contribution in [3.8, 4) is 0 Å². The van der Waals surface area contributed by atoms with Crippen LogP contribution in [0, 0.1) is 40.4 Å². The maximum absolute atomic E-state index is 12.2. The van der Waals surface area contributed by atoms with Gasteiger partial charge in [-0.3, -0.25) is 0 Å². The lowest BCUT2D eigenvalue weighted by molar-refractivity contribution is -0.322. The van der Waals surface area contributed by atoms with Gasteiger partial charge in [0.05, 0.1) is 18.3 Å². The van der Waals surface area contributed by atoms with Crippen LogP contribution >= 0.6 is 0 Å². The average molecular weight is 623 g/mol. The maximum atomic E-state index is 12.2. The van der Waals surface area contributed by atoms with Gasteiger partial charge in [0.15, 0.2) is 6.29 Å². The molecule has 7 N–H and O–H groups in total. The molecule has 0 bridgehead atoms. The summed E-state index contributed by atoms with van der Waals surface area (Å²) in [5.74, 6) is 1.47. The highest BCUT2D eigenvalue weighted by Crippen LogP contribution is 2.67. The number of hydrogen-bond donors (Lipinski definition) is 7. The number of aliphatic hydroxyl groups excluding tert-OH is 5. The van der Waals surface area contributed by atoms with Gasteiger partial charge in [-0.25, -0.2) is 0 Å². The van der Waals surface area contributed by atoms with Gasteiger partial charge < -0.3 is 45.2 Å². The summed E-state index contributed by atoms with van der Waals surface area (Å²) in [5.41, 5.74) is -1.35. The highest BCUT2D eigenvalue weighted by Gasteiger charge is 2.65. The van der Waals surface area contributed by atoms with Crippen LogP contribution in [0.3, 0.4) is 0 Å².